The van der Waals surface area contributed by atoms with Crippen LogP contribution in [0, 0.1) is 17.3 Å². The van der Waals surface area contributed by atoms with E-state index in [0.29, 0.717) is 0 Å². The van der Waals surface area contributed by atoms with Crippen molar-refractivity contribution < 1.29 is 19.1 Å². The highest BCUT2D eigenvalue weighted by molar-refractivity contribution is 6.15. The fraction of sp³-hybridized carbons (Fsp3) is 0.438. The van der Waals surface area contributed by atoms with Gasteiger partial charge in [0.05, 0.1) is 30.4 Å². The normalized spacial score (nSPS) is 30.3. The van der Waals surface area contributed by atoms with Crippen LogP contribution < -0.4 is 0 Å². The Kier molecular flexibility index (Phi) is 3.08. The number of imide groups is 1. The van der Waals surface area contributed by atoms with Crippen molar-refractivity contribution in [3.05, 3.63) is 35.9 Å². The molecule has 0 bridgehead atoms. The van der Waals surface area contributed by atoms with Crippen molar-refractivity contribution in [1.82, 2.24) is 4.90 Å². The fourth-order valence-electron chi connectivity index (χ4n) is 3.27. The summed E-state index contributed by atoms with van der Waals surface area (Å²) in [5.74, 6) is -2.12. The zero-order chi connectivity index (χ0) is 15.2. The monoisotopic (exact) mass is 287 g/mol. The zero-order valence-electron chi connectivity index (χ0n) is 12.0. The van der Waals surface area contributed by atoms with Gasteiger partial charge in [-0.2, -0.15) is 0 Å². The summed E-state index contributed by atoms with van der Waals surface area (Å²) >= 11 is 0. The highest BCUT2D eigenvalue weighted by atomic mass is 16.5. The summed E-state index contributed by atoms with van der Waals surface area (Å²) in [4.78, 5) is 38.0. The summed E-state index contributed by atoms with van der Waals surface area (Å²) in [7, 11) is 0. The van der Waals surface area contributed by atoms with Gasteiger partial charge in [0.2, 0.25) is 11.8 Å². The second kappa shape index (κ2) is 4.69. The van der Waals surface area contributed by atoms with Crippen LogP contribution in [0.3, 0.4) is 0 Å². The predicted molar refractivity (Wildman–Crippen MR) is 73.7 cm³/mol. The predicted octanol–water partition coefficient (Wildman–Crippen LogP) is 1.37. The van der Waals surface area contributed by atoms with Crippen LogP contribution in [0.1, 0.15) is 19.4 Å². The number of piperidine rings is 1. The number of amides is 2. The molecule has 5 nitrogen and oxygen atoms in total. The molecule has 0 N–H and O–H groups in total. The Hall–Kier alpha value is -2.17. The van der Waals surface area contributed by atoms with Gasteiger partial charge in [0.15, 0.2) is 0 Å². The topological polar surface area (TPSA) is 63.7 Å². The standard InChI is InChI=1S/C16H17NO4/c1-3-21-14(19)12-11-13(18)17(15(20)16(11,12)2)9-10-7-5-4-6-8-10/h4-8,11-12H,3,9H2,1-2H3/t11-,12-,16+/m0/s1. The molecular formula is C16H17NO4. The zero-order valence-corrected chi connectivity index (χ0v) is 12.0. The highest BCUT2D eigenvalue weighted by Crippen LogP contribution is 2.64. The van der Waals surface area contributed by atoms with Crippen LogP contribution >= 0.6 is 0 Å². The molecule has 0 spiro atoms. The van der Waals surface area contributed by atoms with Gasteiger partial charge in [-0.15, -0.1) is 0 Å². The molecule has 2 fully saturated rings. The number of rotatable bonds is 4. The average Bonchev–Trinajstić information content (AvgIpc) is 3.07. The van der Waals surface area contributed by atoms with E-state index in [4.69, 9.17) is 4.74 Å². The molecule has 0 aromatic heterocycles. The van der Waals surface area contributed by atoms with E-state index in [-0.39, 0.29) is 25.0 Å². The molecule has 110 valence electrons. The third kappa shape index (κ3) is 1.87. The summed E-state index contributed by atoms with van der Waals surface area (Å²) in [6.45, 7) is 3.92. The number of fused-ring (bicyclic) bond motifs is 1. The minimum absolute atomic E-state index is 0.258. The van der Waals surface area contributed by atoms with E-state index < -0.39 is 23.2 Å². The SMILES string of the molecule is CCOC(=O)[C@@H]1[C@H]2C(=O)N(Cc3ccccc3)C(=O)[C@@]12C. The molecule has 1 heterocycles. The van der Waals surface area contributed by atoms with E-state index in [0.717, 1.165) is 5.56 Å². The third-order valence-corrected chi connectivity index (χ3v) is 4.48. The summed E-state index contributed by atoms with van der Waals surface area (Å²) in [5, 5.41) is 0. The number of carbonyl (C=O) groups excluding carboxylic acids is 3. The second-order valence-electron chi connectivity index (χ2n) is 5.71. The van der Waals surface area contributed by atoms with Gasteiger partial charge in [-0.1, -0.05) is 30.3 Å². The maximum absolute atomic E-state index is 12.5. The Morgan fingerprint density at radius 2 is 1.95 bits per heavy atom. The molecule has 1 saturated carbocycles. The van der Waals surface area contributed by atoms with Gasteiger partial charge in [0.1, 0.15) is 0 Å². The largest absolute Gasteiger partial charge is 0.466 e. The third-order valence-electron chi connectivity index (χ3n) is 4.48. The molecule has 0 radical (unpaired) electrons. The van der Waals surface area contributed by atoms with Crippen LogP contribution in [0.4, 0.5) is 0 Å². The number of benzene rings is 1. The molecule has 1 aromatic carbocycles. The molecule has 3 rings (SSSR count). The summed E-state index contributed by atoms with van der Waals surface area (Å²) in [6, 6.07) is 9.35. The Morgan fingerprint density at radius 1 is 1.29 bits per heavy atom. The van der Waals surface area contributed by atoms with Crippen molar-refractivity contribution in [3.63, 3.8) is 0 Å². The lowest BCUT2D eigenvalue weighted by Crippen LogP contribution is -2.37. The van der Waals surface area contributed by atoms with Gasteiger partial charge < -0.3 is 4.74 Å². The number of likely N-dealkylation sites (tertiary alicyclic amines) is 1. The summed E-state index contributed by atoms with van der Waals surface area (Å²) in [5.41, 5.74) is -0.00485. The van der Waals surface area contributed by atoms with E-state index in [1.807, 2.05) is 30.3 Å². The first-order valence-electron chi connectivity index (χ1n) is 7.08. The number of hydrogen-bond donors (Lipinski definition) is 0. The van der Waals surface area contributed by atoms with Crippen molar-refractivity contribution in [2.45, 2.75) is 20.4 Å². The first kappa shape index (κ1) is 13.8. The van der Waals surface area contributed by atoms with E-state index in [1.54, 1.807) is 13.8 Å². The Balaban J connectivity index is 1.77. The number of esters is 1. The van der Waals surface area contributed by atoms with Gasteiger partial charge in [-0.3, -0.25) is 19.3 Å². The van der Waals surface area contributed by atoms with Crippen LogP contribution in [-0.4, -0.2) is 29.3 Å². The van der Waals surface area contributed by atoms with Crippen LogP contribution in [0.25, 0.3) is 0 Å². The molecule has 21 heavy (non-hydrogen) atoms. The quantitative estimate of drug-likeness (QED) is 0.620. The van der Waals surface area contributed by atoms with Crippen molar-refractivity contribution in [3.8, 4) is 0 Å². The molecule has 1 aromatic rings. The number of carbonyl (C=O) groups is 3. The van der Waals surface area contributed by atoms with E-state index in [1.165, 1.54) is 4.90 Å². The molecule has 1 aliphatic carbocycles. The highest BCUT2D eigenvalue weighted by Gasteiger charge is 2.79. The number of nitrogens with zero attached hydrogens (tertiary/aromatic N) is 1. The van der Waals surface area contributed by atoms with E-state index in [9.17, 15) is 14.4 Å². The van der Waals surface area contributed by atoms with E-state index in [2.05, 4.69) is 0 Å². The maximum Gasteiger partial charge on any atom is 0.310 e. The van der Waals surface area contributed by atoms with Crippen LogP contribution in [0.15, 0.2) is 30.3 Å². The van der Waals surface area contributed by atoms with E-state index >= 15 is 0 Å². The minimum Gasteiger partial charge on any atom is -0.466 e. The first-order valence-corrected chi connectivity index (χ1v) is 7.08. The summed E-state index contributed by atoms with van der Waals surface area (Å²) < 4.78 is 4.96. The number of hydrogen-bond acceptors (Lipinski definition) is 4. The lowest BCUT2D eigenvalue weighted by atomic mass is 10.1. The minimum atomic E-state index is -0.905. The molecule has 1 saturated heterocycles. The molecule has 2 aliphatic rings. The van der Waals surface area contributed by atoms with Crippen molar-refractivity contribution in [1.29, 1.82) is 0 Å². The van der Waals surface area contributed by atoms with Crippen LogP contribution in [0.5, 0.6) is 0 Å². The molecule has 3 atom stereocenters. The molecular weight excluding hydrogens is 270 g/mol. The number of ether oxygens (including phenoxy) is 1. The lowest BCUT2D eigenvalue weighted by Gasteiger charge is -2.20. The molecule has 2 amide bonds. The van der Waals surface area contributed by atoms with Gasteiger partial charge in [0.25, 0.3) is 0 Å². The fourth-order valence-corrected chi connectivity index (χ4v) is 3.27. The van der Waals surface area contributed by atoms with Crippen molar-refractivity contribution >= 4 is 17.8 Å². The van der Waals surface area contributed by atoms with Crippen molar-refractivity contribution in [2.75, 3.05) is 6.61 Å². The molecule has 1 aliphatic heterocycles. The van der Waals surface area contributed by atoms with Crippen LogP contribution in [0.2, 0.25) is 0 Å². The average molecular weight is 287 g/mol. The maximum atomic E-state index is 12.5. The molecule has 5 heteroatoms. The van der Waals surface area contributed by atoms with Crippen LogP contribution in [-0.2, 0) is 25.7 Å². The summed E-state index contributed by atoms with van der Waals surface area (Å²) in [6.07, 6.45) is 0. The lowest BCUT2D eigenvalue weighted by molar-refractivity contribution is -0.153. The van der Waals surface area contributed by atoms with Gasteiger partial charge >= 0.3 is 5.97 Å². The Morgan fingerprint density at radius 3 is 2.48 bits per heavy atom. The first-order chi connectivity index (χ1) is 10.0. The smallest absolute Gasteiger partial charge is 0.310 e. The second-order valence-corrected chi connectivity index (χ2v) is 5.71. The van der Waals surface area contributed by atoms with Gasteiger partial charge in [-0.25, -0.2) is 0 Å². The van der Waals surface area contributed by atoms with Gasteiger partial charge in [0, 0.05) is 0 Å². The molecule has 0 unspecified atom stereocenters. The van der Waals surface area contributed by atoms with Crippen molar-refractivity contribution in [2.24, 2.45) is 17.3 Å². The van der Waals surface area contributed by atoms with Gasteiger partial charge in [-0.05, 0) is 19.4 Å². The Bertz CT molecular complexity index is 612. The Labute approximate surface area is 122 Å².